The van der Waals surface area contributed by atoms with E-state index in [0.717, 1.165) is 44.0 Å². The summed E-state index contributed by atoms with van der Waals surface area (Å²) in [5, 5.41) is 15.9. The van der Waals surface area contributed by atoms with Crippen LogP contribution in [0.3, 0.4) is 0 Å². The molecule has 0 unspecified atom stereocenters. The van der Waals surface area contributed by atoms with E-state index >= 15 is 0 Å². The summed E-state index contributed by atoms with van der Waals surface area (Å²) in [5.74, 6) is 1.86. The van der Waals surface area contributed by atoms with Gasteiger partial charge in [0.15, 0.2) is 22.5 Å². The van der Waals surface area contributed by atoms with Gasteiger partial charge in [0.05, 0.1) is 5.52 Å². The third kappa shape index (κ3) is 4.74. The van der Waals surface area contributed by atoms with Crippen LogP contribution in [0.2, 0.25) is 0 Å². The van der Waals surface area contributed by atoms with Gasteiger partial charge < -0.3 is 24.7 Å². The molecule has 2 aromatic heterocycles. The minimum atomic E-state index is -0.378. The monoisotopic (exact) mass is 458 g/mol. The van der Waals surface area contributed by atoms with E-state index < -0.39 is 0 Å². The Balaban J connectivity index is 1.54. The van der Waals surface area contributed by atoms with Crippen LogP contribution >= 0.6 is 11.8 Å². The Kier molecular flexibility index (Phi) is 6.98. The lowest BCUT2D eigenvalue weighted by Gasteiger charge is -2.11. The highest BCUT2D eigenvalue weighted by Crippen LogP contribution is 2.41. The number of amides is 1. The number of benzene rings is 1. The van der Waals surface area contributed by atoms with Crippen molar-refractivity contribution in [3.05, 3.63) is 30.0 Å². The number of fused-ring (bicyclic) bond motifs is 2. The number of rotatable bonds is 10. The Morgan fingerprint density at radius 3 is 2.88 bits per heavy atom. The fraction of sp³-hybridized carbons (Fsp3) is 0.381. The van der Waals surface area contributed by atoms with Gasteiger partial charge >= 0.3 is 0 Å². The fourth-order valence-corrected chi connectivity index (χ4v) is 4.51. The second-order valence-electron chi connectivity index (χ2n) is 7.28. The van der Waals surface area contributed by atoms with Gasteiger partial charge in [-0.2, -0.15) is 0 Å². The molecule has 1 amide bonds. The largest absolute Gasteiger partial charge is 0.454 e. The average Bonchev–Trinajstić information content (AvgIpc) is 3.39. The standard InChI is InChI=1S/C21H26N6O4S/c1-13-10-15-16(31-12-30-15)11-17(13)32-21-25-19-14(5-7-24-20(19)22-2)27(21)9-8-23-6-3-4-18(28)26-29/h5,7,10-11,23,29H,3-4,6,8-9,12H2,1-2H3,(H,22,24)(H,26,28). The van der Waals surface area contributed by atoms with Gasteiger partial charge in [-0.15, -0.1) is 0 Å². The molecule has 1 aliphatic rings. The third-order valence-electron chi connectivity index (χ3n) is 5.13. The SMILES string of the molecule is CNc1nccc2c1nc(Sc1cc3c(cc1C)OCO3)n2CCNCCCC(=O)NO. The summed E-state index contributed by atoms with van der Waals surface area (Å²) in [6, 6.07) is 5.95. The number of anilines is 1. The third-order valence-corrected chi connectivity index (χ3v) is 6.29. The Morgan fingerprint density at radius 1 is 1.28 bits per heavy atom. The van der Waals surface area contributed by atoms with Crippen LogP contribution in [0.1, 0.15) is 18.4 Å². The van der Waals surface area contributed by atoms with E-state index in [9.17, 15) is 4.79 Å². The number of carbonyl (C=O) groups excluding carboxylic acids is 1. The van der Waals surface area contributed by atoms with Crippen LogP contribution in [0.4, 0.5) is 5.82 Å². The molecule has 4 rings (SSSR count). The van der Waals surface area contributed by atoms with Crippen molar-refractivity contribution in [2.75, 3.05) is 32.2 Å². The van der Waals surface area contributed by atoms with Crippen LogP contribution in [-0.4, -0.2) is 52.6 Å². The molecular weight excluding hydrogens is 432 g/mol. The summed E-state index contributed by atoms with van der Waals surface area (Å²) in [7, 11) is 1.83. The Morgan fingerprint density at radius 2 is 2.09 bits per heavy atom. The molecule has 3 heterocycles. The molecule has 10 nitrogen and oxygen atoms in total. The summed E-state index contributed by atoms with van der Waals surface area (Å²) in [5.41, 5.74) is 4.55. The molecule has 11 heteroatoms. The second kappa shape index (κ2) is 10.1. The smallest absolute Gasteiger partial charge is 0.243 e. The van der Waals surface area contributed by atoms with Crippen LogP contribution in [0.25, 0.3) is 11.0 Å². The molecule has 0 aliphatic carbocycles. The molecule has 4 N–H and O–H groups in total. The summed E-state index contributed by atoms with van der Waals surface area (Å²) in [4.78, 5) is 21.4. The normalized spacial score (nSPS) is 12.3. The topological polar surface area (TPSA) is 123 Å². The maximum atomic E-state index is 11.1. The molecule has 0 radical (unpaired) electrons. The lowest BCUT2D eigenvalue weighted by atomic mass is 10.2. The number of pyridine rings is 1. The zero-order valence-electron chi connectivity index (χ0n) is 18.0. The summed E-state index contributed by atoms with van der Waals surface area (Å²) < 4.78 is 13.2. The number of aryl methyl sites for hydroxylation is 1. The molecule has 32 heavy (non-hydrogen) atoms. The number of aromatic nitrogens is 3. The van der Waals surface area contributed by atoms with E-state index in [-0.39, 0.29) is 19.1 Å². The van der Waals surface area contributed by atoms with E-state index in [4.69, 9.17) is 19.7 Å². The maximum Gasteiger partial charge on any atom is 0.243 e. The molecule has 0 saturated carbocycles. The minimum Gasteiger partial charge on any atom is -0.454 e. The molecule has 1 aromatic carbocycles. The maximum absolute atomic E-state index is 11.1. The summed E-state index contributed by atoms with van der Waals surface area (Å²) in [6.45, 7) is 4.36. The van der Waals surface area contributed by atoms with Gasteiger partial charge in [0.2, 0.25) is 12.7 Å². The number of nitrogens with zero attached hydrogens (tertiary/aromatic N) is 3. The van der Waals surface area contributed by atoms with Crippen molar-refractivity contribution in [1.29, 1.82) is 0 Å². The Bertz CT molecular complexity index is 1120. The van der Waals surface area contributed by atoms with Gasteiger partial charge in [0, 0.05) is 37.7 Å². The minimum absolute atomic E-state index is 0.240. The van der Waals surface area contributed by atoms with Crippen molar-refractivity contribution in [3.63, 3.8) is 0 Å². The molecule has 1 aliphatic heterocycles. The predicted octanol–water partition coefficient (Wildman–Crippen LogP) is 2.54. The van der Waals surface area contributed by atoms with Gasteiger partial charge in [0.25, 0.3) is 0 Å². The number of ether oxygens (including phenoxy) is 2. The first-order valence-corrected chi connectivity index (χ1v) is 11.2. The van der Waals surface area contributed by atoms with Crippen LogP contribution < -0.4 is 25.6 Å². The molecule has 0 spiro atoms. The van der Waals surface area contributed by atoms with Crippen LogP contribution in [0.15, 0.2) is 34.4 Å². The van der Waals surface area contributed by atoms with Crippen LogP contribution in [-0.2, 0) is 11.3 Å². The van der Waals surface area contributed by atoms with Gasteiger partial charge in [-0.3, -0.25) is 10.0 Å². The van der Waals surface area contributed by atoms with Crippen molar-refractivity contribution in [2.24, 2.45) is 0 Å². The number of imidazole rings is 1. The summed E-state index contributed by atoms with van der Waals surface area (Å²) >= 11 is 1.58. The Hall–Kier alpha value is -3.02. The van der Waals surface area contributed by atoms with E-state index in [1.807, 2.05) is 32.2 Å². The lowest BCUT2D eigenvalue weighted by Crippen LogP contribution is -2.24. The average molecular weight is 459 g/mol. The van der Waals surface area contributed by atoms with Crippen molar-refractivity contribution >= 4 is 34.5 Å². The van der Waals surface area contributed by atoms with Gasteiger partial charge in [0.1, 0.15) is 5.52 Å². The van der Waals surface area contributed by atoms with Crippen molar-refractivity contribution in [3.8, 4) is 11.5 Å². The van der Waals surface area contributed by atoms with Gasteiger partial charge in [-0.1, -0.05) is 11.8 Å². The van der Waals surface area contributed by atoms with E-state index in [1.165, 1.54) is 0 Å². The fourth-order valence-electron chi connectivity index (χ4n) is 3.49. The van der Waals surface area contributed by atoms with Crippen LogP contribution in [0.5, 0.6) is 11.5 Å². The van der Waals surface area contributed by atoms with E-state index in [0.29, 0.717) is 26.1 Å². The van der Waals surface area contributed by atoms with Crippen molar-refractivity contribution in [2.45, 2.75) is 36.4 Å². The predicted molar refractivity (Wildman–Crippen MR) is 121 cm³/mol. The number of hydrogen-bond donors (Lipinski definition) is 4. The molecule has 0 fully saturated rings. The number of nitrogens with one attached hydrogen (secondary N) is 3. The molecule has 0 atom stereocenters. The Labute approximate surface area is 189 Å². The zero-order valence-corrected chi connectivity index (χ0v) is 18.8. The van der Waals surface area contributed by atoms with Crippen LogP contribution in [0, 0.1) is 6.92 Å². The highest BCUT2D eigenvalue weighted by atomic mass is 32.2. The van der Waals surface area contributed by atoms with Gasteiger partial charge in [-0.05, 0) is 43.7 Å². The number of carbonyl (C=O) groups is 1. The molecule has 0 saturated heterocycles. The first-order valence-electron chi connectivity index (χ1n) is 10.4. The van der Waals surface area contributed by atoms with Gasteiger partial charge in [-0.25, -0.2) is 15.4 Å². The highest BCUT2D eigenvalue weighted by Gasteiger charge is 2.20. The van der Waals surface area contributed by atoms with E-state index in [1.54, 1.807) is 23.4 Å². The summed E-state index contributed by atoms with van der Waals surface area (Å²) in [6.07, 6.45) is 2.69. The molecular formula is C21H26N6O4S. The first-order chi connectivity index (χ1) is 15.6. The molecule has 3 aromatic rings. The quantitative estimate of drug-likeness (QED) is 0.206. The van der Waals surface area contributed by atoms with E-state index in [2.05, 4.69) is 20.2 Å². The second-order valence-corrected chi connectivity index (χ2v) is 8.29. The van der Waals surface area contributed by atoms with Crippen molar-refractivity contribution < 1.29 is 19.5 Å². The molecule has 170 valence electrons. The first kappa shape index (κ1) is 22.2. The highest BCUT2D eigenvalue weighted by molar-refractivity contribution is 7.99. The number of hydrogen-bond acceptors (Lipinski definition) is 9. The zero-order chi connectivity index (χ0) is 22.5. The molecule has 0 bridgehead atoms. The van der Waals surface area contributed by atoms with Crippen molar-refractivity contribution in [1.82, 2.24) is 25.3 Å². The lowest BCUT2D eigenvalue weighted by molar-refractivity contribution is -0.129. The number of hydroxylamine groups is 1.